The summed E-state index contributed by atoms with van der Waals surface area (Å²) in [5.74, 6) is 3.32. The third kappa shape index (κ3) is 3.16. The van der Waals surface area contributed by atoms with Gasteiger partial charge in [-0.25, -0.2) is 9.97 Å². The lowest BCUT2D eigenvalue weighted by atomic mass is 9.91. The highest BCUT2D eigenvalue weighted by atomic mass is 79.9. The van der Waals surface area contributed by atoms with Gasteiger partial charge in [0.2, 0.25) is 0 Å². The van der Waals surface area contributed by atoms with Gasteiger partial charge in [0.25, 0.3) is 0 Å². The quantitative estimate of drug-likeness (QED) is 0.853. The SMILES string of the molecule is CCC1CCC(c2nc(NC)c(Br)c(C(C)(C)C)n2)C1. The molecule has 1 aliphatic carbocycles. The van der Waals surface area contributed by atoms with Crippen molar-refractivity contribution in [2.45, 2.75) is 64.7 Å². The van der Waals surface area contributed by atoms with Crippen LogP contribution in [-0.4, -0.2) is 17.0 Å². The highest BCUT2D eigenvalue weighted by Gasteiger charge is 2.30. The van der Waals surface area contributed by atoms with Crippen LogP contribution in [0.4, 0.5) is 5.82 Å². The van der Waals surface area contributed by atoms with Gasteiger partial charge in [-0.3, -0.25) is 0 Å². The van der Waals surface area contributed by atoms with Crippen molar-refractivity contribution in [3.05, 3.63) is 16.0 Å². The van der Waals surface area contributed by atoms with Crippen LogP contribution in [0.3, 0.4) is 0 Å². The molecule has 2 rings (SSSR count). The number of anilines is 1. The molecular weight excluding hydrogens is 314 g/mol. The van der Waals surface area contributed by atoms with Gasteiger partial charge in [-0.15, -0.1) is 0 Å². The zero-order valence-corrected chi connectivity index (χ0v) is 14.8. The predicted octanol–water partition coefficient (Wildman–Crippen LogP) is 4.87. The Morgan fingerprint density at radius 2 is 1.95 bits per heavy atom. The minimum absolute atomic E-state index is 0.0187. The van der Waals surface area contributed by atoms with E-state index in [-0.39, 0.29) is 5.41 Å². The van der Waals surface area contributed by atoms with Gasteiger partial charge in [0.05, 0.1) is 10.2 Å². The first kappa shape index (κ1) is 15.7. The van der Waals surface area contributed by atoms with Crippen LogP contribution in [0.15, 0.2) is 4.47 Å². The number of halogens is 1. The first-order chi connectivity index (χ1) is 9.36. The molecule has 1 heterocycles. The molecule has 1 aromatic heterocycles. The molecule has 1 aliphatic rings. The number of hydrogen-bond acceptors (Lipinski definition) is 3. The molecule has 0 spiro atoms. The lowest BCUT2D eigenvalue weighted by Gasteiger charge is -2.23. The van der Waals surface area contributed by atoms with Gasteiger partial charge >= 0.3 is 0 Å². The maximum atomic E-state index is 4.90. The molecule has 1 N–H and O–H groups in total. The standard InChI is InChI=1S/C16H26BrN3/c1-6-10-7-8-11(9-10)14-19-13(16(2,3)4)12(17)15(18-5)20-14/h10-11H,6-9H2,1-5H3,(H,18,19,20). The summed E-state index contributed by atoms with van der Waals surface area (Å²) in [4.78, 5) is 9.65. The Bertz CT molecular complexity index is 479. The average molecular weight is 340 g/mol. The molecule has 0 amide bonds. The molecule has 1 fully saturated rings. The first-order valence-electron chi connectivity index (χ1n) is 7.62. The minimum atomic E-state index is 0.0187. The van der Waals surface area contributed by atoms with E-state index in [9.17, 15) is 0 Å². The Balaban J connectivity index is 2.40. The number of hydrogen-bond donors (Lipinski definition) is 1. The summed E-state index contributed by atoms with van der Waals surface area (Å²) in [7, 11) is 1.92. The third-order valence-electron chi connectivity index (χ3n) is 4.30. The lowest BCUT2D eigenvalue weighted by molar-refractivity contribution is 0.511. The molecule has 112 valence electrons. The van der Waals surface area contributed by atoms with Gasteiger partial charge in [0, 0.05) is 18.4 Å². The molecule has 4 heteroatoms. The maximum absolute atomic E-state index is 4.90. The largest absolute Gasteiger partial charge is 0.372 e. The van der Waals surface area contributed by atoms with E-state index in [1.54, 1.807) is 0 Å². The first-order valence-corrected chi connectivity index (χ1v) is 8.41. The van der Waals surface area contributed by atoms with Crippen LogP contribution in [0.1, 0.15) is 70.8 Å². The van der Waals surface area contributed by atoms with Crippen LogP contribution in [0.2, 0.25) is 0 Å². The summed E-state index contributed by atoms with van der Waals surface area (Å²) in [6.07, 6.45) is 5.07. The van der Waals surface area contributed by atoms with Crippen molar-refractivity contribution in [3.63, 3.8) is 0 Å². The molecular formula is C16H26BrN3. The topological polar surface area (TPSA) is 37.8 Å². The lowest BCUT2D eigenvalue weighted by Crippen LogP contribution is -2.19. The third-order valence-corrected chi connectivity index (χ3v) is 5.05. The average Bonchev–Trinajstić information content (AvgIpc) is 2.86. The number of nitrogens with one attached hydrogen (secondary N) is 1. The highest BCUT2D eigenvalue weighted by Crippen LogP contribution is 2.40. The molecule has 0 radical (unpaired) electrons. The molecule has 20 heavy (non-hydrogen) atoms. The second-order valence-electron chi connectivity index (χ2n) is 6.88. The van der Waals surface area contributed by atoms with E-state index >= 15 is 0 Å². The maximum Gasteiger partial charge on any atom is 0.144 e. The van der Waals surface area contributed by atoms with Crippen molar-refractivity contribution in [3.8, 4) is 0 Å². The van der Waals surface area contributed by atoms with E-state index in [4.69, 9.17) is 9.97 Å². The van der Waals surface area contributed by atoms with Crippen LogP contribution in [0, 0.1) is 5.92 Å². The van der Waals surface area contributed by atoms with E-state index in [2.05, 4.69) is 48.9 Å². The molecule has 2 atom stereocenters. The van der Waals surface area contributed by atoms with Gasteiger partial charge in [0.15, 0.2) is 0 Å². The Morgan fingerprint density at radius 1 is 1.25 bits per heavy atom. The van der Waals surface area contributed by atoms with Gasteiger partial charge < -0.3 is 5.32 Å². The molecule has 0 aromatic carbocycles. The Hall–Kier alpha value is -0.640. The fourth-order valence-corrected chi connectivity index (χ4v) is 3.96. The van der Waals surface area contributed by atoms with Crippen molar-refractivity contribution >= 4 is 21.7 Å². The Morgan fingerprint density at radius 3 is 2.45 bits per heavy atom. The van der Waals surface area contributed by atoms with Crippen molar-refractivity contribution in [1.82, 2.24) is 9.97 Å². The Labute approximate surface area is 131 Å². The van der Waals surface area contributed by atoms with Gasteiger partial charge in [-0.2, -0.15) is 0 Å². The van der Waals surface area contributed by atoms with Crippen LogP contribution in [0.25, 0.3) is 0 Å². The smallest absolute Gasteiger partial charge is 0.144 e. The molecule has 0 bridgehead atoms. The van der Waals surface area contributed by atoms with E-state index in [1.807, 2.05) is 7.05 Å². The minimum Gasteiger partial charge on any atom is -0.372 e. The zero-order valence-electron chi connectivity index (χ0n) is 13.3. The second-order valence-corrected chi connectivity index (χ2v) is 7.67. The normalized spacial score (nSPS) is 23.1. The van der Waals surface area contributed by atoms with Crippen LogP contribution in [-0.2, 0) is 5.41 Å². The van der Waals surface area contributed by atoms with Gasteiger partial charge in [-0.1, -0.05) is 34.1 Å². The number of aromatic nitrogens is 2. The zero-order chi connectivity index (χ0) is 14.9. The van der Waals surface area contributed by atoms with E-state index in [1.165, 1.54) is 25.7 Å². The van der Waals surface area contributed by atoms with Crippen molar-refractivity contribution in [2.24, 2.45) is 5.92 Å². The fraction of sp³-hybridized carbons (Fsp3) is 0.750. The summed E-state index contributed by atoms with van der Waals surface area (Å²) in [6, 6.07) is 0. The van der Waals surface area contributed by atoms with Gasteiger partial charge in [-0.05, 0) is 41.1 Å². The Kier molecular flexibility index (Phi) is 4.73. The molecule has 3 nitrogen and oxygen atoms in total. The predicted molar refractivity (Wildman–Crippen MR) is 88.4 cm³/mol. The van der Waals surface area contributed by atoms with Crippen LogP contribution in [0.5, 0.6) is 0 Å². The van der Waals surface area contributed by atoms with Crippen LogP contribution >= 0.6 is 15.9 Å². The summed E-state index contributed by atoms with van der Waals surface area (Å²) >= 11 is 3.66. The summed E-state index contributed by atoms with van der Waals surface area (Å²) < 4.78 is 1.00. The number of nitrogens with zero attached hydrogens (tertiary/aromatic N) is 2. The van der Waals surface area contributed by atoms with Crippen LogP contribution < -0.4 is 5.32 Å². The monoisotopic (exact) mass is 339 g/mol. The van der Waals surface area contributed by atoms with E-state index in [0.29, 0.717) is 5.92 Å². The summed E-state index contributed by atoms with van der Waals surface area (Å²) in [5.41, 5.74) is 1.12. The van der Waals surface area contributed by atoms with E-state index in [0.717, 1.165) is 27.7 Å². The highest BCUT2D eigenvalue weighted by molar-refractivity contribution is 9.10. The summed E-state index contributed by atoms with van der Waals surface area (Å²) in [5, 5.41) is 3.20. The molecule has 0 aliphatic heterocycles. The summed E-state index contributed by atoms with van der Waals surface area (Å²) in [6.45, 7) is 8.89. The number of rotatable bonds is 3. The molecule has 1 aromatic rings. The van der Waals surface area contributed by atoms with Gasteiger partial charge in [0.1, 0.15) is 11.6 Å². The van der Waals surface area contributed by atoms with Crippen molar-refractivity contribution < 1.29 is 0 Å². The second kappa shape index (κ2) is 6.00. The van der Waals surface area contributed by atoms with E-state index < -0.39 is 0 Å². The van der Waals surface area contributed by atoms with Crippen molar-refractivity contribution in [2.75, 3.05) is 12.4 Å². The van der Waals surface area contributed by atoms with Crippen molar-refractivity contribution in [1.29, 1.82) is 0 Å². The molecule has 2 unspecified atom stereocenters. The molecule has 1 saturated carbocycles. The fourth-order valence-electron chi connectivity index (χ4n) is 2.99. The molecule has 0 saturated heterocycles.